The molecule has 226 valence electrons. The molecule has 3 aromatic carbocycles. The summed E-state index contributed by atoms with van der Waals surface area (Å²) in [6.07, 6.45) is 0. The van der Waals surface area contributed by atoms with Gasteiger partial charge in [0.05, 0.1) is 0 Å². The first kappa shape index (κ1) is 36.9. The Morgan fingerprint density at radius 2 is 0.878 bits per heavy atom. The molecule has 0 amide bonds. The molecule has 3 aromatic rings. The van der Waals surface area contributed by atoms with Crippen LogP contribution in [0.15, 0.2) is 67.2 Å². The summed E-state index contributed by atoms with van der Waals surface area (Å²) in [5.41, 5.74) is 11.9. The summed E-state index contributed by atoms with van der Waals surface area (Å²) in [5.74, 6) is 0. The molecule has 0 aliphatic carbocycles. The van der Waals surface area contributed by atoms with Gasteiger partial charge in [0.1, 0.15) is 0 Å². The van der Waals surface area contributed by atoms with Crippen LogP contribution in [0.4, 0.5) is 0 Å². The molecule has 1 heteroatoms. The molecule has 0 aliphatic heterocycles. The van der Waals surface area contributed by atoms with Crippen LogP contribution in [-0.4, -0.2) is 6.66 Å². The van der Waals surface area contributed by atoms with Crippen molar-refractivity contribution in [1.29, 1.82) is 0 Å². The summed E-state index contributed by atoms with van der Waals surface area (Å²) in [6.45, 7) is 39.8. The number of benzene rings is 3. The van der Waals surface area contributed by atoms with E-state index >= 15 is 0 Å². The second kappa shape index (κ2) is 14.3. The molecule has 1 atom stereocenters. The zero-order valence-electron chi connectivity index (χ0n) is 29.5. The maximum Gasteiger partial charge on any atom is -0.0129 e. The molecule has 0 bridgehead atoms. The number of hydrogen-bond donors (Lipinski definition) is 0. The molecule has 1 unspecified atom stereocenters. The van der Waals surface area contributed by atoms with Crippen LogP contribution in [0, 0.1) is 13.8 Å². The van der Waals surface area contributed by atoms with Gasteiger partial charge in [-0.05, 0) is 93.3 Å². The minimum atomic E-state index is 0.241. The zero-order valence-corrected chi connectivity index (χ0v) is 30.5. The van der Waals surface area contributed by atoms with Gasteiger partial charge in [-0.2, -0.15) is 0 Å². The second-order valence-corrected chi connectivity index (χ2v) is 16.7. The summed E-state index contributed by atoms with van der Waals surface area (Å²) >= 11 is 0. The zero-order chi connectivity index (χ0) is 32.0. The molecule has 0 N–H and O–H groups in total. The van der Waals surface area contributed by atoms with Crippen molar-refractivity contribution in [3.63, 3.8) is 0 Å². The van der Waals surface area contributed by atoms with E-state index in [-0.39, 0.29) is 21.7 Å². The summed E-state index contributed by atoms with van der Waals surface area (Å²) < 4.78 is 0. The van der Waals surface area contributed by atoms with E-state index in [1.807, 2.05) is 6.92 Å². The lowest BCUT2D eigenvalue weighted by Crippen LogP contribution is -2.17. The Labute approximate surface area is 257 Å². The van der Waals surface area contributed by atoms with E-state index in [1.165, 1.54) is 44.2 Å². The normalized spacial score (nSPS) is 12.4. The fourth-order valence-corrected chi connectivity index (χ4v) is 5.21. The lowest BCUT2D eigenvalue weighted by Gasteiger charge is -2.26. The number of allylic oxidation sites excluding steroid dienone is 1. The largest absolute Gasteiger partial charge is 0.0955 e. The van der Waals surface area contributed by atoms with Crippen LogP contribution in [0.2, 0.25) is 0 Å². The third-order valence-electron chi connectivity index (χ3n) is 7.49. The van der Waals surface area contributed by atoms with E-state index in [0.29, 0.717) is 0 Å². The smallest absolute Gasteiger partial charge is 0.0129 e. The van der Waals surface area contributed by atoms with E-state index in [2.05, 4.69) is 171 Å². The van der Waals surface area contributed by atoms with Gasteiger partial charge in [-0.1, -0.05) is 164 Å². The second-order valence-electron chi connectivity index (χ2n) is 15.7. The van der Waals surface area contributed by atoms with Gasteiger partial charge in [-0.25, -0.2) is 0 Å². The van der Waals surface area contributed by atoms with Crippen molar-refractivity contribution in [2.45, 2.75) is 126 Å². The van der Waals surface area contributed by atoms with Gasteiger partial charge < -0.3 is 0 Å². The molecule has 0 saturated heterocycles. The van der Waals surface area contributed by atoms with E-state index in [1.54, 1.807) is 0 Å². The molecule has 3 rings (SSSR count). The third-order valence-corrected chi connectivity index (χ3v) is 8.40. The van der Waals surface area contributed by atoms with E-state index in [0.717, 1.165) is 14.2 Å². The Morgan fingerprint density at radius 1 is 0.537 bits per heavy atom. The first-order valence-electron chi connectivity index (χ1n) is 15.2. The van der Waals surface area contributed by atoms with Crippen molar-refractivity contribution in [2.75, 3.05) is 6.66 Å². The molecule has 0 fully saturated rings. The van der Waals surface area contributed by atoms with Crippen LogP contribution in [0.5, 0.6) is 0 Å². The molecule has 0 radical (unpaired) electrons. The maximum absolute atomic E-state index is 3.88. The quantitative estimate of drug-likeness (QED) is 0.268. The molecule has 41 heavy (non-hydrogen) atoms. The van der Waals surface area contributed by atoms with Crippen LogP contribution in [-0.2, 0) is 21.7 Å². The Bertz CT molecular complexity index is 1190. The van der Waals surface area contributed by atoms with Gasteiger partial charge in [0.2, 0.25) is 0 Å². The summed E-state index contributed by atoms with van der Waals surface area (Å²) in [6, 6.07) is 22.4. The number of hydrogen-bond acceptors (Lipinski definition) is 0. The molecular formula is C40H61P. The predicted molar refractivity (Wildman–Crippen MR) is 192 cm³/mol. The van der Waals surface area contributed by atoms with Gasteiger partial charge in [-0.15, -0.1) is 0 Å². The lowest BCUT2D eigenvalue weighted by atomic mass is 9.79. The van der Waals surface area contributed by atoms with Crippen molar-refractivity contribution in [2.24, 2.45) is 0 Å². The molecule has 0 spiro atoms. The van der Waals surface area contributed by atoms with E-state index in [4.69, 9.17) is 0 Å². The molecule has 0 nitrogen and oxygen atoms in total. The Balaban J connectivity index is 0.000000312. The maximum atomic E-state index is 3.88. The first-order chi connectivity index (χ1) is 18.5. The highest BCUT2D eigenvalue weighted by atomic mass is 31.1. The van der Waals surface area contributed by atoms with Gasteiger partial charge in [0, 0.05) is 0 Å². The van der Waals surface area contributed by atoms with Gasteiger partial charge in [-0.3, -0.25) is 0 Å². The van der Waals surface area contributed by atoms with Crippen molar-refractivity contribution in [3.05, 3.63) is 106 Å². The Kier molecular flexibility index (Phi) is 12.9. The monoisotopic (exact) mass is 572 g/mol. The molecular weight excluding hydrogens is 511 g/mol. The lowest BCUT2D eigenvalue weighted by molar-refractivity contribution is 0.565. The first-order valence-corrected chi connectivity index (χ1v) is 16.7. The van der Waals surface area contributed by atoms with Crippen LogP contribution in [0.1, 0.15) is 129 Å². The fraction of sp³-hybridized carbons (Fsp3) is 0.500. The van der Waals surface area contributed by atoms with Crippen molar-refractivity contribution >= 4 is 19.5 Å². The van der Waals surface area contributed by atoms with Crippen LogP contribution in [0.3, 0.4) is 0 Å². The molecule has 0 aliphatic rings. The SMILES string of the molecule is C=C(C)c1ccc(PC)cc1.Cc1ccc(C(C)(C)C)cc1C(C)(C)C.Cc1ccc(C(C)(C)C)cc1C(C)(C)C. The van der Waals surface area contributed by atoms with Crippen molar-refractivity contribution in [3.8, 4) is 0 Å². The summed E-state index contributed by atoms with van der Waals surface area (Å²) in [5, 5.41) is 1.41. The molecule has 0 saturated carbocycles. The molecule has 0 aromatic heterocycles. The van der Waals surface area contributed by atoms with Gasteiger partial charge in [0.15, 0.2) is 0 Å². The minimum absolute atomic E-state index is 0.241. The standard InChI is InChI=1S/2C15H24.C10H13P/c2*1-11-8-9-12(14(2,3)4)10-13(11)15(5,6)7;1-8(2)9-4-6-10(11-3)7-5-9/h2*8-10H,1-7H3;4-7,11H,1H2,2-3H3. The van der Waals surface area contributed by atoms with Crippen LogP contribution in [0.25, 0.3) is 5.57 Å². The minimum Gasteiger partial charge on any atom is -0.0955 e. The Hall–Kier alpha value is -2.17. The summed E-state index contributed by atoms with van der Waals surface area (Å²) in [4.78, 5) is 0. The number of aryl methyl sites for hydroxylation is 2. The topological polar surface area (TPSA) is 0 Å². The Morgan fingerprint density at radius 3 is 1.12 bits per heavy atom. The summed E-state index contributed by atoms with van der Waals surface area (Å²) in [7, 11) is 0.890. The van der Waals surface area contributed by atoms with Gasteiger partial charge >= 0.3 is 0 Å². The van der Waals surface area contributed by atoms with E-state index < -0.39 is 0 Å². The predicted octanol–water partition coefficient (Wildman–Crippen LogP) is 11.8. The van der Waals surface area contributed by atoms with Crippen molar-refractivity contribution in [1.82, 2.24) is 0 Å². The third kappa shape index (κ3) is 11.9. The highest BCUT2D eigenvalue weighted by molar-refractivity contribution is 7.46. The van der Waals surface area contributed by atoms with Crippen molar-refractivity contribution < 1.29 is 0 Å². The van der Waals surface area contributed by atoms with E-state index in [9.17, 15) is 0 Å². The average molecular weight is 573 g/mol. The number of rotatable bonds is 2. The average Bonchev–Trinajstić information content (AvgIpc) is 2.82. The van der Waals surface area contributed by atoms with Crippen LogP contribution >= 0.6 is 8.58 Å². The molecule has 0 heterocycles. The fourth-order valence-electron chi connectivity index (χ4n) is 4.71. The van der Waals surface area contributed by atoms with Crippen LogP contribution < -0.4 is 5.30 Å². The highest BCUT2D eigenvalue weighted by Gasteiger charge is 2.21. The highest BCUT2D eigenvalue weighted by Crippen LogP contribution is 2.32. The van der Waals surface area contributed by atoms with Gasteiger partial charge in [0.25, 0.3) is 0 Å².